The van der Waals surface area contributed by atoms with E-state index in [2.05, 4.69) is 10.6 Å². The van der Waals surface area contributed by atoms with E-state index in [0.717, 1.165) is 29.5 Å². The summed E-state index contributed by atoms with van der Waals surface area (Å²) in [6.45, 7) is 0.423. The first-order valence-electron chi connectivity index (χ1n) is 6.61. The van der Waals surface area contributed by atoms with E-state index >= 15 is 0 Å². The second kappa shape index (κ2) is 7.50. The number of rotatable bonds is 5. The first kappa shape index (κ1) is 16.6. The molecule has 0 atom stereocenters. The van der Waals surface area contributed by atoms with Crippen LogP contribution in [-0.2, 0) is 6.54 Å². The molecule has 0 aromatic heterocycles. The molecule has 0 saturated carbocycles. The number of benzene rings is 2. The molecule has 0 radical (unpaired) electrons. The fourth-order valence-corrected chi connectivity index (χ4v) is 2.00. The standard InChI is InChI=1S/C15H14FN3O3S/c1-22-12-5-2-10(3-6-12)9-17-15(23)18-14-8-11(19(20)21)4-7-13(14)16/h2-8H,9H2,1H3,(H2,17,18,23). The third kappa shape index (κ3) is 4.62. The van der Waals surface area contributed by atoms with Gasteiger partial charge in [-0.25, -0.2) is 4.39 Å². The highest BCUT2D eigenvalue weighted by molar-refractivity contribution is 7.80. The summed E-state index contributed by atoms with van der Waals surface area (Å²) in [4.78, 5) is 10.1. The van der Waals surface area contributed by atoms with E-state index in [1.165, 1.54) is 0 Å². The Morgan fingerprint density at radius 3 is 2.61 bits per heavy atom. The van der Waals surface area contributed by atoms with Crippen LogP contribution in [0.2, 0.25) is 0 Å². The van der Waals surface area contributed by atoms with Crippen LogP contribution in [0.4, 0.5) is 15.8 Å². The minimum atomic E-state index is -0.621. The predicted octanol–water partition coefficient (Wildman–Crippen LogP) is 3.23. The number of ether oxygens (including phenoxy) is 1. The zero-order valence-corrected chi connectivity index (χ0v) is 13.0. The summed E-state index contributed by atoms with van der Waals surface area (Å²) in [5.74, 6) is 0.123. The van der Waals surface area contributed by atoms with Gasteiger partial charge in [-0.3, -0.25) is 10.1 Å². The lowest BCUT2D eigenvalue weighted by atomic mass is 10.2. The molecule has 0 aliphatic carbocycles. The van der Waals surface area contributed by atoms with Gasteiger partial charge in [0, 0.05) is 18.7 Å². The Morgan fingerprint density at radius 1 is 1.30 bits per heavy atom. The van der Waals surface area contributed by atoms with Crippen LogP contribution in [-0.4, -0.2) is 17.1 Å². The van der Waals surface area contributed by atoms with Gasteiger partial charge in [0.15, 0.2) is 5.11 Å². The van der Waals surface area contributed by atoms with Gasteiger partial charge in [0.05, 0.1) is 17.7 Å². The van der Waals surface area contributed by atoms with Crippen LogP contribution in [0.15, 0.2) is 42.5 Å². The van der Waals surface area contributed by atoms with Gasteiger partial charge >= 0.3 is 0 Å². The summed E-state index contributed by atoms with van der Waals surface area (Å²) in [6, 6.07) is 10.6. The number of hydrogen-bond acceptors (Lipinski definition) is 4. The first-order chi connectivity index (χ1) is 11.0. The number of hydrogen-bond donors (Lipinski definition) is 2. The van der Waals surface area contributed by atoms with Crippen molar-refractivity contribution in [1.82, 2.24) is 5.32 Å². The average molecular weight is 335 g/mol. The molecule has 2 N–H and O–H groups in total. The minimum absolute atomic E-state index is 0.0496. The Morgan fingerprint density at radius 2 is 2.00 bits per heavy atom. The summed E-state index contributed by atoms with van der Waals surface area (Å²) >= 11 is 5.07. The number of non-ortho nitro benzene ring substituents is 1. The Labute approximate surface area is 137 Å². The van der Waals surface area contributed by atoms with Crippen LogP contribution >= 0.6 is 12.2 Å². The van der Waals surface area contributed by atoms with Crippen molar-refractivity contribution >= 4 is 28.7 Å². The quantitative estimate of drug-likeness (QED) is 0.496. The van der Waals surface area contributed by atoms with Crippen molar-refractivity contribution < 1.29 is 14.1 Å². The Kier molecular flexibility index (Phi) is 5.42. The summed E-state index contributed by atoms with van der Waals surface area (Å²) < 4.78 is 18.7. The van der Waals surface area contributed by atoms with Crippen molar-refractivity contribution in [2.45, 2.75) is 6.54 Å². The van der Waals surface area contributed by atoms with Gasteiger partial charge in [0.2, 0.25) is 0 Å². The minimum Gasteiger partial charge on any atom is -0.497 e. The maximum Gasteiger partial charge on any atom is 0.271 e. The van der Waals surface area contributed by atoms with Gasteiger partial charge in [0.1, 0.15) is 11.6 Å². The molecule has 0 aliphatic rings. The molecule has 0 amide bonds. The maximum absolute atomic E-state index is 13.7. The topological polar surface area (TPSA) is 76.4 Å². The molecule has 6 nitrogen and oxygen atoms in total. The second-order valence-electron chi connectivity index (χ2n) is 4.58. The van der Waals surface area contributed by atoms with Crippen molar-refractivity contribution in [2.75, 3.05) is 12.4 Å². The van der Waals surface area contributed by atoms with Gasteiger partial charge in [-0.1, -0.05) is 12.1 Å². The molecule has 0 unspecified atom stereocenters. The van der Waals surface area contributed by atoms with Gasteiger partial charge in [-0.15, -0.1) is 0 Å². The highest BCUT2D eigenvalue weighted by Gasteiger charge is 2.11. The Hall–Kier alpha value is -2.74. The normalized spacial score (nSPS) is 10.0. The molecule has 0 bridgehead atoms. The van der Waals surface area contributed by atoms with Gasteiger partial charge in [-0.05, 0) is 36.0 Å². The van der Waals surface area contributed by atoms with Crippen LogP contribution in [0, 0.1) is 15.9 Å². The molecule has 120 valence electrons. The molecule has 2 aromatic carbocycles. The lowest BCUT2D eigenvalue weighted by Gasteiger charge is -2.11. The molecule has 2 rings (SSSR count). The average Bonchev–Trinajstić information content (AvgIpc) is 2.55. The third-order valence-corrected chi connectivity index (χ3v) is 3.27. The molecular weight excluding hydrogens is 321 g/mol. The molecule has 0 heterocycles. The van der Waals surface area contributed by atoms with Crippen LogP contribution in [0.25, 0.3) is 0 Å². The van der Waals surface area contributed by atoms with Crippen molar-refractivity contribution in [3.63, 3.8) is 0 Å². The second-order valence-corrected chi connectivity index (χ2v) is 4.99. The van der Waals surface area contributed by atoms with Crippen LogP contribution < -0.4 is 15.4 Å². The highest BCUT2D eigenvalue weighted by Crippen LogP contribution is 2.21. The summed E-state index contributed by atoms with van der Waals surface area (Å²) in [6.07, 6.45) is 0. The third-order valence-electron chi connectivity index (χ3n) is 3.02. The van der Waals surface area contributed by atoms with Crippen molar-refractivity contribution in [1.29, 1.82) is 0 Å². The summed E-state index contributed by atoms with van der Waals surface area (Å²) in [7, 11) is 1.58. The molecule has 8 heteroatoms. The van der Waals surface area contributed by atoms with E-state index in [-0.39, 0.29) is 16.5 Å². The van der Waals surface area contributed by atoms with Crippen LogP contribution in [0.1, 0.15) is 5.56 Å². The lowest BCUT2D eigenvalue weighted by Crippen LogP contribution is -2.28. The van der Waals surface area contributed by atoms with E-state index < -0.39 is 10.7 Å². The molecule has 23 heavy (non-hydrogen) atoms. The highest BCUT2D eigenvalue weighted by atomic mass is 32.1. The number of nitrogens with one attached hydrogen (secondary N) is 2. The number of nitro groups is 1. The number of anilines is 1. The van der Waals surface area contributed by atoms with Crippen molar-refractivity contribution in [2.24, 2.45) is 0 Å². The maximum atomic E-state index is 13.7. The van der Waals surface area contributed by atoms with Crippen molar-refractivity contribution in [3.8, 4) is 5.75 Å². The number of methoxy groups -OCH3 is 1. The Bertz CT molecular complexity index is 722. The zero-order chi connectivity index (χ0) is 16.8. The molecule has 0 aliphatic heterocycles. The van der Waals surface area contributed by atoms with E-state index in [1.807, 2.05) is 24.3 Å². The smallest absolute Gasteiger partial charge is 0.271 e. The summed E-state index contributed by atoms with van der Waals surface area (Å²) in [5.41, 5.74) is 0.688. The van der Waals surface area contributed by atoms with Gasteiger partial charge in [-0.2, -0.15) is 0 Å². The number of thiocarbonyl (C=S) groups is 1. The van der Waals surface area contributed by atoms with E-state index in [1.54, 1.807) is 7.11 Å². The van der Waals surface area contributed by atoms with Gasteiger partial charge < -0.3 is 15.4 Å². The van der Waals surface area contributed by atoms with Gasteiger partial charge in [0.25, 0.3) is 5.69 Å². The number of halogens is 1. The first-order valence-corrected chi connectivity index (χ1v) is 7.02. The fraction of sp³-hybridized carbons (Fsp3) is 0.133. The van der Waals surface area contributed by atoms with Crippen molar-refractivity contribution in [3.05, 3.63) is 64.0 Å². The summed E-state index contributed by atoms with van der Waals surface area (Å²) in [5, 5.41) is 16.4. The molecule has 2 aromatic rings. The number of nitro benzene ring substituents is 1. The number of nitrogens with zero attached hydrogens (tertiary/aromatic N) is 1. The van der Waals surface area contributed by atoms with E-state index in [4.69, 9.17) is 17.0 Å². The zero-order valence-electron chi connectivity index (χ0n) is 12.2. The monoisotopic (exact) mass is 335 g/mol. The SMILES string of the molecule is COc1ccc(CNC(=S)Nc2cc([N+](=O)[O-])ccc2F)cc1. The fourth-order valence-electron chi connectivity index (χ4n) is 1.81. The van der Waals surface area contributed by atoms with Crippen LogP contribution in [0.3, 0.4) is 0 Å². The Balaban J connectivity index is 1.96. The molecule has 0 spiro atoms. The molecule has 0 saturated heterocycles. The predicted molar refractivity (Wildman–Crippen MR) is 89.1 cm³/mol. The molecular formula is C15H14FN3O3S. The molecule has 0 fully saturated rings. The van der Waals surface area contributed by atoms with Crippen LogP contribution in [0.5, 0.6) is 5.75 Å². The van der Waals surface area contributed by atoms with E-state index in [9.17, 15) is 14.5 Å². The lowest BCUT2D eigenvalue weighted by molar-refractivity contribution is -0.384. The van der Waals surface area contributed by atoms with E-state index in [0.29, 0.717) is 6.54 Å². The largest absolute Gasteiger partial charge is 0.497 e.